The van der Waals surface area contributed by atoms with E-state index in [1.54, 1.807) is 12.1 Å². The fourth-order valence-corrected chi connectivity index (χ4v) is 3.23. The predicted molar refractivity (Wildman–Crippen MR) is 106 cm³/mol. The van der Waals surface area contributed by atoms with E-state index in [2.05, 4.69) is 19.8 Å². The van der Waals surface area contributed by atoms with Crippen LogP contribution in [-0.2, 0) is 17.8 Å². The van der Waals surface area contributed by atoms with Crippen LogP contribution in [0.3, 0.4) is 0 Å². The summed E-state index contributed by atoms with van der Waals surface area (Å²) in [6, 6.07) is 6.50. The highest BCUT2D eigenvalue weighted by Crippen LogP contribution is 2.21. The van der Waals surface area contributed by atoms with Gasteiger partial charge in [0.15, 0.2) is 11.6 Å². The Hall–Kier alpha value is -2.87. The van der Waals surface area contributed by atoms with Gasteiger partial charge in [0.25, 0.3) is 0 Å². The monoisotopic (exact) mass is 404 g/mol. The predicted octanol–water partition coefficient (Wildman–Crippen LogP) is 3.89. The molecule has 0 aliphatic heterocycles. The maximum Gasteiger partial charge on any atom is 0.228 e. The van der Waals surface area contributed by atoms with Crippen molar-refractivity contribution in [3.8, 4) is 0 Å². The van der Waals surface area contributed by atoms with Crippen LogP contribution in [0.15, 0.2) is 30.3 Å². The van der Waals surface area contributed by atoms with Crippen LogP contribution in [0.1, 0.15) is 17.8 Å². The van der Waals surface area contributed by atoms with E-state index in [0.29, 0.717) is 17.8 Å². The SMILES string of the molecule is Cc1nc2cc(NC(=O)Cc3cc(F)c(F)cc3F)ccc2n1CCCN(C)C. The van der Waals surface area contributed by atoms with Crippen LogP contribution in [-0.4, -0.2) is 41.0 Å². The summed E-state index contributed by atoms with van der Waals surface area (Å²) in [5.74, 6) is -3.08. The Labute approximate surface area is 167 Å². The van der Waals surface area contributed by atoms with Crippen molar-refractivity contribution in [2.75, 3.05) is 26.0 Å². The average Bonchev–Trinajstić information content (AvgIpc) is 2.94. The maximum atomic E-state index is 13.7. The first kappa shape index (κ1) is 20.9. The normalized spacial score (nSPS) is 11.4. The van der Waals surface area contributed by atoms with Crippen molar-refractivity contribution in [1.29, 1.82) is 0 Å². The number of hydrogen-bond acceptors (Lipinski definition) is 3. The molecule has 0 saturated heterocycles. The smallest absolute Gasteiger partial charge is 0.228 e. The summed E-state index contributed by atoms with van der Waals surface area (Å²) in [6.07, 6.45) is 0.580. The first-order valence-corrected chi connectivity index (χ1v) is 9.29. The van der Waals surface area contributed by atoms with Crippen LogP contribution in [0.2, 0.25) is 0 Å². The number of rotatable bonds is 7. The van der Waals surface area contributed by atoms with Crippen LogP contribution < -0.4 is 5.32 Å². The molecule has 1 amide bonds. The van der Waals surface area contributed by atoms with Gasteiger partial charge in [0.05, 0.1) is 17.5 Å². The second kappa shape index (κ2) is 8.65. The van der Waals surface area contributed by atoms with E-state index in [4.69, 9.17) is 0 Å². The maximum absolute atomic E-state index is 13.7. The molecule has 0 aliphatic rings. The van der Waals surface area contributed by atoms with E-state index in [0.717, 1.165) is 36.4 Å². The highest BCUT2D eigenvalue weighted by atomic mass is 19.2. The number of hydrogen-bond donors (Lipinski definition) is 1. The van der Waals surface area contributed by atoms with Gasteiger partial charge in [-0.1, -0.05) is 0 Å². The fraction of sp³-hybridized carbons (Fsp3) is 0.333. The molecule has 0 aliphatic carbocycles. The molecule has 0 spiro atoms. The summed E-state index contributed by atoms with van der Waals surface area (Å²) in [7, 11) is 4.06. The van der Waals surface area contributed by atoms with E-state index in [1.807, 2.05) is 27.1 Å². The lowest BCUT2D eigenvalue weighted by Crippen LogP contribution is -2.16. The number of carbonyl (C=O) groups excluding carboxylic acids is 1. The minimum Gasteiger partial charge on any atom is -0.328 e. The minimum absolute atomic E-state index is 0.205. The van der Waals surface area contributed by atoms with Gasteiger partial charge < -0.3 is 14.8 Å². The Morgan fingerprint density at radius 1 is 1.10 bits per heavy atom. The molecule has 3 rings (SSSR count). The zero-order chi connectivity index (χ0) is 21.1. The van der Waals surface area contributed by atoms with E-state index in [-0.39, 0.29) is 5.56 Å². The van der Waals surface area contributed by atoms with Gasteiger partial charge in [-0.3, -0.25) is 4.79 Å². The Morgan fingerprint density at radius 3 is 2.55 bits per heavy atom. The summed E-state index contributed by atoms with van der Waals surface area (Å²) in [5.41, 5.74) is 2.00. The van der Waals surface area contributed by atoms with Gasteiger partial charge in [0.1, 0.15) is 11.6 Å². The van der Waals surface area contributed by atoms with Crippen molar-refractivity contribution >= 4 is 22.6 Å². The zero-order valence-corrected chi connectivity index (χ0v) is 16.6. The topological polar surface area (TPSA) is 50.2 Å². The van der Waals surface area contributed by atoms with Crippen molar-refractivity contribution in [3.05, 3.63) is 59.2 Å². The van der Waals surface area contributed by atoms with Gasteiger partial charge in [0.2, 0.25) is 5.91 Å². The molecule has 5 nitrogen and oxygen atoms in total. The Morgan fingerprint density at radius 2 is 1.83 bits per heavy atom. The molecule has 0 fully saturated rings. The Bertz CT molecular complexity index is 1050. The number of anilines is 1. The molecule has 1 N–H and O–H groups in total. The largest absolute Gasteiger partial charge is 0.328 e. The third kappa shape index (κ3) is 4.95. The number of fused-ring (bicyclic) bond motifs is 1. The van der Waals surface area contributed by atoms with Gasteiger partial charge in [-0.15, -0.1) is 0 Å². The van der Waals surface area contributed by atoms with Crippen molar-refractivity contribution < 1.29 is 18.0 Å². The lowest BCUT2D eigenvalue weighted by atomic mass is 10.1. The molecule has 2 aromatic carbocycles. The van der Waals surface area contributed by atoms with Crippen LogP contribution >= 0.6 is 0 Å². The number of aryl methyl sites for hydroxylation is 2. The minimum atomic E-state index is -1.28. The lowest BCUT2D eigenvalue weighted by Gasteiger charge is -2.11. The number of benzene rings is 2. The molecule has 0 radical (unpaired) electrons. The second-order valence-electron chi connectivity index (χ2n) is 7.25. The van der Waals surface area contributed by atoms with E-state index in [1.165, 1.54) is 0 Å². The Kier molecular flexibility index (Phi) is 6.22. The van der Waals surface area contributed by atoms with Gasteiger partial charge >= 0.3 is 0 Å². The molecule has 29 heavy (non-hydrogen) atoms. The molecule has 154 valence electrons. The molecule has 0 atom stereocenters. The third-order valence-electron chi connectivity index (χ3n) is 4.65. The lowest BCUT2D eigenvalue weighted by molar-refractivity contribution is -0.115. The summed E-state index contributed by atoms with van der Waals surface area (Å²) in [4.78, 5) is 18.9. The summed E-state index contributed by atoms with van der Waals surface area (Å²) < 4.78 is 42.2. The number of imidazole rings is 1. The fourth-order valence-electron chi connectivity index (χ4n) is 3.23. The molecular formula is C21H23F3N4O. The first-order valence-electron chi connectivity index (χ1n) is 9.29. The number of carbonyl (C=O) groups is 1. The first-order chi connectivity index (χ1) is 13.7. The van der Waals surface area contributed by atoms with Gasteiger partial charge in [-0.25, -0.2) is 18.2 Å². The second-order valence-corrected chi connectivity index (χ2v) is 7.25. The molecule has 0 unspecified atom stereocenters. The van der Waals surface area contributed by atoms with Crippen molar-refractivity contribution in [1.82, 2.24) is 14.5 Å². The third-order valence-corrected chi connectivity index (χ3v) is 4.65. The highest BCUT2D eigenvalue weighted by Gasteiger charge is 2.14. The molecule has 3 aromatic rings. The Balaban J connectivity index is 1.72. The number of halogens is 3. The quantitative estimate of drug-likeness (QED) is 0.608. The molecule has 1 heterocycles. The van der Waals surface area contributed by atoms with Gasteiger partial charge in [-0.05, 0) is 58.3 Å². The molecule has 8 heteroatoms. The van der Waals surface area contributed by atoms with Crippen molar-refractivity contribution in [2.45, 2.75) is 26.3 Å². The van der Waals surface area contributed by atoms with Crippen LogP contribution in [0.4, 0.5) is 18.9 Å². The van der Waals surface area contributed by atoms with Gasteiger partial charge in [-0.2, -0.15) is 0 Å². The average molecular weight is 404 g/mol. The van der Waals surface area contributed by atoms with Crippen LogP contribution in [0.25, 0.3) is 11.0 Å². The molecular weight excluding hydrogens is 381 g/mol. The number of aromatic nitrogens is 2. The molecule has 0 bridgehead atoms. The number of amides is 1. The van der Waals surface area contributed by atoms with E-state index in [9.17, 15) is 18.0 Å². The van der Waals surface area contributed by atoms with Crippen molar-refractivity contribution in [2.24, 2.45) is 0 Å². The molecule has 0 saturated carbocycles. The van der Waals surface area contributed by atoms with Crippen molar-refractivity contribution in [3.63, 3.8) is 0 Å². The standard InChI is InChI=1S/C21H23F3N4O/c1-13-25-19-11-15(5-6-20(19)28(13)8-4-7-27(2)3)26-21(29)10-14-9-17(23)18(24)12-16(14)22/h5-6,9,11-12H,4,7-8,10H2,1-3H3,(H,26,29). The molecule has 1 aromatic heterocycles. The van der Waals surface area contributed by atoms with Crippen LogP contribution in [0.5, 0.6) is 0 Å². The van der Waals surface area contributed by atoms with E-state index < -0.39 is 29.8 Å². The summed E-state index contributed by atoms with van der Waals surface area (Å²) in [6.45, 7) is 3.73. The zero-order valence-electron chi connectivity index (χ0n) is 16.6. The van der Waals surface area contributed by atoms with E-state index >= 15 is 0 Å². The summed E-state index contributed by atoms with van der Waals surface area (Å²) >= 11 is 0. The van der Waals surface area contributed by atoms with Crippen LogP contribution in [0, 0.1) is 24.4 Å². The highest BCUT2D eigenvalue weighted by molar-refractivity contribution is 5.94. The summed E-state index contributed by atoms with van der Waals surface area (Å²) in [5, 5.41) is 2.65. The van der Waals surface area contributed by atoms with Gasteiger partial charge in [0, 0.05) is 23.9 Å². The number of nitrogens with zero attached hydrogens (tertiary/aromatic N) is 3. The number of nitrogens with one attached hydrogen (secondary N) is 1.